The standard InChI is InChI=1S/C15H14N2O7S.K/c18-6-9-7-25(23,24)14-10(13(20)17(14)11(9)15(21)22)16-12(19)8-4-2-1-3-5-8;/h1-5,10,14,18H,6-7H2,(H,16,19)(H,21,22);/q;+1/p-1/t10-,14-;/m0./s1. The van der Waals surface area contributed by atoms with Crippen LogP contribution in [0.25, 0.3) is 0 Å². The Morgan fingerprint density at radius 2 is 1.88 bits per heavy atom. The summed E-state index contributed by atoms with van der Waals surface area (Å²) in [5.74, 6) is -4.02. The van der Waals surface area contributed by atoms with Crippen molar-refractivity contribution in [3.63, 3.8) is 0 Å². The molecule has 9 nitrogen and oxygen atoms in total. The smallest absolute Gasteiger partial charge is 0.543 e. The summed E-state index contributed by atoms with van der Waals surface area (Å²) in [4.78, 5) is 36.2. The van der Waals surface area contributed by atoms with Gasteiger partial charge in [0.25, 0.3) is 11.8 Å². The minimum Gasteiger partial charge on any atom is -0.543 e. The molecular weight excluding hydrogens is 391 g/mol. The van der Waals surface area contributed by atoms with Gasteiger partial charge in [0.05, 0.1) is 24.0 Å². The number of β-lactam (4-membered cyclic amide) rings is 1. The zero-order chi connectivity index (χ0) is 18.4. The first kappa shape index (κ1) is 21.2. The molecule has 2 N–H and O–H groups in total. The monoisotopic (exact) mass is 404 g/mol. The molecule has 2 aliphatic heterocycles. The number of nitrogens with one attached hydrogen (secondary N) is 1. The van der Waals surface area contributed by atoms with E-state index < -0.39 is 57.1 Å². The molecule has 1 aromatic carbocycles. The second kappa shape index (κ2) is 7.88. The Labute approximate surface area is 191 Å². The molecule has 3 rings (SSSR count). The van der Waals surface area contributed by atoms with Crippen LogP contribution in [0.5, 0.6) is 0 Å². The first-order valence-electron chi connectivity index (χ1n) is 7.22. The van der Waals surface area contributed by atoms with E-state index in [1.54, 1.807) is 18.2 Å². The third-order valence-electron chi connectivity index (χ3n) is 4.07. The van der Waals surface area contributed by atoms with Crippen molar-refractivity contribution in [2.24, 2.45) is 0 Å². The second-order valence-corrected chi connectivity index (χ2v) is 7.72. The van der Waals surface area contributed by atoms with E-state index in [0.717, 1.165) is 0 Å². The Kier molecular flexibility index (Phi) is 6.43. The number of amides is 2. The van der Waals surface area contributed by atoms with Gasteiger partial charge in [-0.15, -0.1) is 0 Å². The van der Waals surface area contributed by atoms with E-state index in [1.807, 2.05) is 0 Å². The summed E-state index contributed by atoms with van der Waals surface area (Å²) in [5.41, 5.74) is -0.747. The molecule has 1 fully saturated rings. The molecule has 0 spiro atoms. The van der Waals surface area contributed by atoms with Gasteiger partial charge >= 0.3 is 51.4 Å². The number of nitrogens with zero attached hydrogens (tertiary/aromatic N) is 1. The van der Waals surface area contributed by atoms with E-state index in [2.05, 4.69) is 5.32 Å². The molecule has 132 valence electrons. The van der Waals surface area contributed by atoms with Crippen LogP contribution in [0, 0.1) is 0 Å². The van der Waals surface area contributed by atoms with Crippen LogP contribution in [0.3, 0.4) is 0 Å². The van der Waals surface area contributed by atoms with Gasteiger partial charge in [-0.25, -0.2) is 8.42 Å². The molecule has 0 aromatic heterocycles. The normalized spacial score (nSPS) is 23.4. The first-order chi connectivity index (χ1) is 11.8. The van der Waals surface area contributed by atoms with Gasteiger partial charge < -0.3 is 20.3 Å². The first-order valence-corrected chi connectivity index (χ1v) is 8.94. The topological polar surface area (TPSA) is 144 Å². The fourth-order valence-corrected chi connectivity index (χ4v) is 4.96. The van der Waals surface area contributed by atoms with Crippen LogP contribution >= 0.6 is 0 Å². The molecule has 26 heavy (non-hydrogen) atoms. The number of fused-ring (bicyclic) bond motifs is 1. The summed E-state index contributed by atoms with van der Waals surface area (Å²) < 4.78 is 24.7. The van der Waals surface area contributed by atoms with Gasteiger partial charge in [-0.3, -0.25) is 14.5 Å². The van der Waals surface area contributed by atoms with Crippen LogP contribution in [-0.4, -0.2) is 60.0 Å². The third kappa shape index (κ3) is 3.52. The van der Waals surface area contributed by atoms with Crippen LogP contribution in [0.15, 0.2) is 41.6 Å². The quantitative estimate of drug-likeness (QED) is 0.376. The molecule has 0 unspecified atom stereocenters. The van der Waals surface area contributed by atoms with Crippen molar-refractivity contribution in [2.75, 3.05) is 12.4 Å². The Balaban J connectivity index is 0.00000243. The van der Waals surface area contributed by atoms with E-state index in [9.17, 15) is 33.0 Å². The molecule has 2 atom stereocenters. The SMILES string of the molecule is O=C([O-])C1=C(CO)CS(=O)(=O)[C@H]2[C@@H](NC(=O)c3ccccc3)C(=O)N12.[K+]. The molecular formula is C15H13KN2O7S. The maximum atomic E-state index is 12.4. The molecule has 2 aliphatic rings. The van der Waals surface area contributed by atoms with E-state index in [1.165, 1.54) is 12.1 Å². The van der Waals surface area contributed by atoms with Crippen molar-refractivity contribution in [3.8, 4) is 0 Å². The number of carbonyl (C=O) groups excluding carboxylic acids is 3. The van der Waals surface area contributed by atoms with Crippen LogP contribution in [0.4, 0.5) is 0 Å². The maximum Gasteiger partial charge on any atom is 1.00 e. The molecule has 2 amide bonds. The second-order valence-electron chi connectivity index (χ2n) is 5.62. The van der Waals surface area contributed by atoms with Gasteiger partial charge in [0.1, 0.15) is 6.04 Å². The average Bonchev–Trinajstić information content (AvgIpc) is 2.58. The summed E-state index contributed by atoms with van der Waals surface area (Å²) in [6.45, 7) is -0.833. The van der Waals surface area contributed by atoms with Crippen molar-refractivity contribution in [1.29, 1.82) is 0 Å². The average molecular weight is 404 g/mol. The number of carboxylic acids is 1. The van der Waals surface area contributed by atoms with Gasteiger partial charge in [0.15, 0.2) is 15.2 Å². The van der Waals surface area contributed by atoms with Crippen LogP contribution < -0.4 is 61.8 Å². The zero-order valence-corrected chi connectivity index (χ0v) is 17.6. The summed E-state index contributed by atoms with van der Waals surface area (Å²) in [6.07, 6.45) is 0. The molecule has 0 bridgehead atoms. The Morgan fingerprint density at radius 1 is 1.27 bits per heavy atom. The van der Waals surface area contributed by atoms with Gasteiger partial charge in [-0.2, -0.15) is 0 Å². The fourth-order valence-electron chi connectivity index (χ4n) is 2.95. The number of rotatable bonds is 4. The number of aliphatic hydroxyl groups is 1. The van der Waals surface area contributed by atoms with Gasteiger partial charge in [-0.05, 0) is 17.7 Å². The Bertz CT molecular complexity index is 898. The van der Waals surface area contributed by atoms with Gasteiger partial charge in [0.2, 0.25) is 0 Å². The van der Waals surface area contributed by atoms with Crippen LogP contribution in [-0.2, 0) is 19.4 Å². The van der Waals surface area contributed by atoms with Crippen LogP contribution in [0.1, 0.15) is 10.4 Å². The van der Waals surface area contributed by atoms with Gasteiger partial charge in [-0.1, -0.05) is 18.2 Å². The molecule has 0 aliphatic carbocycles. The van der Waals surface area contributed by atoms with E-state index in [0.29, 0.717) is 4.90 Å². The predicted molar refractivity (Wildman–Crippen MR) is 81.2 cm³/mol. The van der Waals surface area contributed by atoms with Crippen molar-refractivity contribution in [1.82, 2.24) is 10.2 Å². The molecule has 1 aromatic rings. The van der Waals surface area contributed by atoms with Crippen LogP contribution in [0.2, 0.25) is 0 Å². The molecule has 0 radical (unpaired) electrons. The Morgan fingerprint density at radius 3 is 2.42 bits per heavy atom. The van der Waals surface area contributed by atoms with Crippen molar-refractivity contribution >= 4 is 27.6 Å². The fraction of sp³-hybridized carbons (Fsp3) is 0.267. The Hall–Kier alpha value is -1.08. The van der Waals surface area contributed by atoms with E-state index in [-0.39, 0.29) is 62.5 Å². The molecule has 0 saturated carbocycles. The number of sulfone groups is 1. The summed E-state index contributed by atoms with van der Waals surface area (Å²) in [6, 6.07) is 6.47. The number of hydrogen-bond donors (Lipinski definition) is 2. The number of hydrogen-bond acceptors (Lipinski definition) is 7. The predicted octanol–water partition coefficient (Wildman–Crippen LogP) is -5.62. The van der Waals surface area contributed by atoms with Crippen molar-refractivity contribution in [2.45, 2.75) is 11.4 Å². The molecule has 11 heteroatoms. The number of carbonyl (C=O) groups is 3. The number of aliphatic hydroxyl groups excluding tert-OH is 1. The van der Waals surface area contributed by atoms with Crippen molar-refractivity contribution in [3.05, 3.63) is 47.2 Å². The maximum absolute atomic E-state index is 12.4. The number of benzene rings is 1. The third-order valence-corrected chi connectivity index (χ3v) is 6.04. The number of aliphatic carboxylic acids is 1. The van der Waals surface area contributed by atoms with E-state index >= 15 is 0 Å². The zero-order valence-electron chi connectivity index (χ0n) is 13.7. The summed E-state index contributed by atoms with van der Waals surface area (Å²) in [7, 11) is -3.98. The number of carboxylic acid groups (broad SMARTS) is 1. The largest absolute Gasteiger partial charge is 1.00 e. The summed E-state index contributed by atoms with van der Waals surface area (Å²) in [5, 5.41) is 21.3. The summed E-state index contributed by atoms with van der Waals surface area (Å²) >= 11 is 0. The minimum atomic E-state index is -3.98. The van der Waals surface area contributed by atoms with E-state index in [4.69, 9.17) is 0 Å². The van der Waals surface area contributed by atoms with Crippen molar-refractivity contribution < 1.29 is 84.4 Å². The minimum absolute atomic E-state index is 0. The molecule has 1 saturated heterocycles. The molecule has 2 heterocycles. The van der Waals surface area contributed by atoms with Gasteiger partial charge in [0, 0.05) is 5.56 Å².